The molecule has 0 radical (unpaired) electrons. The molecule has 0 amide bonds. The molecule has 0 fully saturated rings. The number of fused-ring (bicyclic) bond motifs is 1. The molecule has 3 aromatic rings. The van der Waals surface area contributed by atoms with Crippen LogP contribution in [0.5, 0.6) is 0 Å². The molecule has 1 aromatic heterocycles. The maximum Gasteiger partial charge on any atom is 0.339 e. The lowest BCUT2D eigenvalue weighted by Crippen LogP contribution is -2.11. The lowest BCUT2D eigenvalue weighted by Gasteiger charge is -2.09. The summed E-state index contributed by atoms with van der Waals surface area (Å²) in [5.74, 6) is -0.677. The molecule has 0 atom stereocenters. The maximum absolute atomic E-state index is 12.3. The van der Waals surface area contributed by atoms with Crippen molar-refractivity contribution in [3.63, 3.8) is 0 Å². The van der Waals surface area contributed by atoms with E-state index in [1.807, 2.05) is 30.3 Å². The second-order valence-corrected chi connectivity index (χ2v) is 7.32. The number of carbonyl (C=O) groups is 1. The van der Waals surface area contributed by atoms with Crippen molar-refractivity contribution in [2.45, 2.75) is 11.5 Å². The topological polar surface area (TPSA) is 73.3 Å². The molecule has 0 aliphatic carbocycles. The van der Waals surface area contributed by atoms with Crippen LogP contribution in [0.1, 0.15) is 15.9 Å². The first-order valence-electron chi connectivity index (χ1n) is 7.25. The van der Waals surface area contributed by atoms with E-state index in [9.17, 15) is 13.2 Å². The van der Waals surface area contributed by atoms with Gasteiger partial charge in [-0.25, -0.2) is 13.2 Å². The van der Waals surface area contributed by atoms with Crippen LogP contribution >= 0.6 is 0 Å². The zero-order valence-electron chi connectivity index (χ0n) is 13.0. The quantitative estimate of drug-likeness (QED) is 0.682. The van der Waals surface area contributed by atoms with Gasteiger partial charge >= 0.3 is 5.97 Å². The van der Waals surface area contributed by atoms with Crippen LogP contribution in [0.3, 0.4) is 0 Å². The fourth-order valence-corrected chi connectivity index (χ4v) is 3.34. The van der Waals surface area contributed by atoms with Gasteiger partial charge in [-0.2, -0.15) is 0 Å². The van der Waals surface area contributed by atoms with Crippen molar-refractivity contribution in [2.24, 2.45) is 0 Å². The minimum absolute atomic E-state index is 0.0191. The van der Waals surface area contributed by atoms with Crippen molar-refractivity contribution >= 4 is 26.7 Å². The predicted molar refractivity (Wildman–Crippen MR) is 90.4 cm³/mol. The SMILES string of the molecule is CS(=O)(=O)c1ccccc1C(=O)OCc1cccc2cccnc12. The van der Waals surface area contributed by atoms with Crippen molar-refractivity contribution in [3.8, 4) is 0 Å². The Morgan fingerprint density at radius 1 is 1.04 bits per heavy atom. The lowest BCUT2D eigenvalue weighted by molar-refractivity contribution is 0.0469. The summed E-state index contributed by atoms with van der Waals surface area (Å²) in [6.45, 7) is 0.0191. The van der Waals surface area contributed by atoms with Gasteiger partial charge in [0.15, 0.2) is 9.84 Å². The molecule has 0 bridgehead atoms. The molecule has 3 rings (SSSR count). The Hall–Kier alpha value is -2.73. The van der Waals surface area contributed by atoms with Crippen LogP contribution < -0.4 is 0 Å². The number of pyridine rings is 1. The molecule has 0 unspecified atom stereocenters. The number of esters is 1. The number of benzene rings is 2. The first kappa shape index (κ1) is 16.1. The number of para-hydroxylation sites is 1. The fraction of sp³-hybridized carbons (Fsp3) is 0.111. The van der Waals surface area contributed by atoms with Gasteiger partial charge in [-0.05, 0) is 18.2 Å². The Bertz CT molecular complexity index is 1010. The number of sulfone groups is 1. The summed E-state index contributed by atoms with van der Waals surface area (Å²) in [6.07, 6.45) is 2.74. The minimum atomic E-state index is -3.51. The van der Waals surface area contributed by atoms with E-state index in [1.54, 1.807) is 18.3 Å². The van der Waals surface area contributed by atoms with E-state index in [0.717, 1.165) is 22.7 Å². The standard InChI is InChI=1S/C18H15NO4S/c1-24(21,22)16-10-3-2-9-15(16)18(20)23-12-14-7-4-6-13-8-5-11-19-17(13)14/h2-11H,12H2,1H3. The highest BCUT2D eigenvalue weighted by Crippen LogP contribution is 2.19. The van der Waals surface area contributed by atoms with Crippen molar-refractivity contribution < 1.29 is 17.9 Å². The van der Waals surface area contributed by atoms with Crippen LogP contribution in [0.4, 0.5) is 0 Å². The van der Waals surface area contributed by atoms with Crippen molar-refractivity contribution in [1.82, 2.24) is 4.98 Å². The second kappa shape index (κ2) is 6.41. The number of ether oxygens (including phenoxy) is 1. The van der Waals surface area contributed by atoms with Gasteiger partial charge in [0.05, 0.1) is 16.0 Å². The molecule has 2 aromatic carbocycles. The molecule has 1 heterocycles. The highest BCUT2D eigenvalue weighted by Gasteiger charge is 2.19. The van der Waals surface area contributed by atoms with Crippen LogP contribution in [-0.4, -0.2) is 25.6 Å². The van der Waals surface area contributed by atoms with Gasteiger partial charge < -0.3 is 4.74 Å². The van der Waals surface area contributed by atoms with E-state index in [0.29, 0.717) is 0 Å². The fourth-order valence-electron chi connectivity index (χ4n) is 2.46. The van der Waals surface area contributed by atoms with Gasteiger partial charge in [0.2, 0.25) is 0 Å². The zero-order valence-corrected chi connectivity index (χ0v) is 13.8. The molecule has 0 saturated heterocycles. The largest absolute Gasteiger partial charge is 0.457 e. The van der Waals surface area contributed by atoms with Crippen LogP contribution in [0.2, 0.25) is 0 Å². The highest BCUT2D eigenvalue weighted by atomic mass is 32.2. The van der Waals surface area contributed by atoms with Crippen molar-refractivity contribution in [2.75, 3.05) is 6.26 Å². The number of nitrogens with zero attached hydrogens (tertiary/aromatic N) is 1. The Labute approximate surface area is 139 Å². The highest BCUT2D eigenvalue weighted by molar-refractivity contribution is 7.90. The van der Waals surface area contributed by atoms with Crippen LogP contribution in [-0.2, 0) is 21.2 Å². The van der Waals surface area contributed by atoms with E-state index in [1.165, 1.54) is 12.1 Å². The molecule has 24 heavy (non-hydrogen) atoms. The molecule has 0 aliphatic heterocycles. The van der Waals surface area contributed by atoms with Crippen molar-refractivity contribution in [3.05, 3.63) is 71.9 Å². The monoisotopic (exact) mass is 341 g/mol. The third-order valence-corrected chi connectivity index (χ3v) is 4.74. The minimum Gasteiger partial charge on any atom is -0.457 e. The van der Waals surface area contributed by atoms with Gasteiger partial charge in [-0.1, -0.05) is 36.4 Å². The smallest absolute Gasteiger partial charge is 0.339 e. The summed E-state index contributed by atoms with van der Waals surface area (Å²) in [4.78, 5) is 16.6. The molecule has 6 heteroatoms. The van der Waals surface area contributed by atoms with Crippen LogP contribution in [0.25, 0.3) is 10.9 Å². The van der Waals surface area contributed by atoms with Gasteiger partial charge in [0.1, 0.15) is 6.61 Å². The second-order valence-electron chi connectivity index (χ2n) is 5.34. The number of carbonyl (C=O) groups excluding carboxylic acids is 1. The molecule has 0 saturated carbocycles. The van der Waals surface area contributed by atoms with E-state index in [2.05, 4.69) is 4.98 Å². The molecular formula is C18H15NO4S. The van der Waals surface area contributed by atoms with Gasteiger partial charge in [0, 0.05) is 23.4 Å². The summed E-state index contributed by atoms with van der Waals surface area (Å²) in [5.41, 5.74) is 1.55. The van der Waals surface area contributed by atoms with Crippen molar-refractivity contribution in [1.29, 1.82) is 0 Å². The normalized spacial score (nSPS) is 11.4. The Balaban J connectivity index is 1.87. The molecule has 122 valence electrons. The number of rotatable bonds is 4. The number of aromatic nitrogens is 1. The molecular weight excluding hydrogens is 326 g/mol. The average Bonchev–Trinajstić information content (AvgIpc) is 2.59. The number of hydrogen-bond donors (Lipinski definition) is 0. The van der Waals surface area contributed by atoms with E-state index < -0.39 is 15.8 Å². The number of hydrogen-bond acceptors (Lipinski definition) is 5. The predicted octanol–water partition coefficient (Wildman–Crippen LogP) is 3.00. The lowest BCUT2D eigenvalue weighted by atomic mass is 10.1. The van der Waals surface area contributed by atoms with Gasteiger partial charge in [-0.3, -0.25) is 4.98 Å². The first-order valence-corrected chi connectivity index (χ1v) is 9.15. The van der Waals surface area contributed by atoms with Gasteiger partial charge in [0.25, 0.3) is 0 Å². The molecule has 0 aliphatic rings. The Morgan fingerprint density at radius 3 is 2.58 bits per heavy atom. The van der Waals surface area contributed by atoms with Gasteiger partial charge in [-0.15, -0.1) is 0 Å². The summed E-state index contributed by atoms with van der Waals surface area (Å²) in [6, 6.07) is 15.4. The summed E-state index contributed by atoms with van der Waals surface area (Å²) >= 11 is 0. The van der Waals surface area contributed by atoms with Crippen LogP contribution in [0, 0.1) is 0 Å². The van der Waals surface area contributed by atoms with Crippen LogP contribution in [0.15, 0.2) is 65.7 Å². The Morgan fingerprint density at radius 2 is 1.79 bits per heavy atom. The average molecular weight is 341 g/mol. The third kappa shape index (κ3) is 3.28. The zero-order chi connectivity index (χ0) is 17.2. The summed E-state index contributed by atoms with van der Waals surface area (Å²) in [5, 5.41) is 0.947. The summed E-state index contributed by atoms with van der Waals surface area (Å²) in [7, 11) is -3.51. The summed E-state index contributed by atoms with van der Waals surface area (Å²) < 4.78 is 28.9. The Kier molecular flexibility index (Phi) is 4.31. The maximum atomic E-state index is 12.3. The molecule has 0 spiro atoms. The van der Waals surface area contributed by atoms with E-state index >= 15 is 0 Å². The van der Waals surface area contributed by atoms with E-state index in [-0.39, 0.29) is 17.1 Å². The molecule has 5 nitrogen and oxygen atoms in total. The first-order chi connectivity index (χ1) is 11.5. The van der Waals surface area contributed by atoms with E-state index in [4.69, 9.17) is 4.74 Å². The third-order valence-electron chi connectivity index (χ3n) is 3.58. The molecule has 0 N–H and O–H groups in total.